The summed E-state index contributed by atoms with van der Waals surface area (Å²) < 4.78 is 6.02. The van der Waals surface area contributed by atoms with Gasteiger partial charge in [0, 0.05) is 32.0 Å². The van der Waals surface area contributed by atoms with E-state index in [4.69, 9.17) is 4.74 Å². The number of benzene rings is 1. The molecule has 1 amide bonds. The number of fused-ring (bicyclic) bond motifs is 2. The number of nitrogens with one attached hydrogen (secondary N) is 1. The Bertz CT molecular complexity index is 750. The van der Waals surface area contributed by atoms with Gasteiger partial charge in [0.2, 0.25) is 11.9 Å². The summed E-state index contributed by atoms with van der Waals surface area (Å²) in [6.07, 6.45) is 5.41. The molecule has 4 rings (SSSR count). The number of nitrogens with zero attached hydrogens (tertiary/aromatic N) is 3. The van der Waals surface area contributed by atoms with Gasteiger partial charge in [0.05, 0.1) is 18.1 Å². The smallest absolute Gasteiger partial charge is 0.226 e. The fourth-order valence-corrected chi connectivity index (χ4v) is 3.71. The molecule has 2 aromatic rings. The molecule has 136 valence electrons. The molecule has 0 radical (unpaired) electrons. The third kappa shape index (κ3) is 3.55. The van der Waals surface area contributed by atoms with Gasteiger partial charge < -0.3 is 15.0 Å². The molecule has 2 bridgehead atoms. The van der Waals surface area contributed by atoms with Gasteiger partial charge in [-0.2, -0.15) is 0 Å². The summed E-state index contributed by atoms with van der Waals surface area (Å²) in [7, 11) is 0. The molecule has 2 aliphatic heterocycles. The molecule has 2 fully saturated rings. The number of rotatable bonds is 5. The Kier molecular flexibility index (Phi) is 4.84. The summed E-state index contributed by atoms with van der Waals surface area (Å²) >= 11 is 0. The molecule has 1 N–H and O–H groups in total. The lowest BCUT2D eigenvalue weighted by Gasteiger charge is -2.32. The van der Waals surface area contributed by atoms with Crippen LogP contribution in [0.4, 0.5) is 5.95 Å². The van der Waals surface area contributed by atoms with Gasteiger partial charge >= 0.3 is 0 Å². The number of carbonyl (C=O) groups is 1. The standard InChI is InChI=1S/C20H24N4O2/c1-2-14-9-22-20(23-10-14)24-12-16-8-17(18(13-24)26-16)19(25)21-11-15-6-4-3-5-7-15/h3-7,9-10,16-18H,2,8,11-13H2,1H3,(H,21,25)/t16-,17+,18-/m0/s1. The Morgan fingerprint density at radius 1 is 1.19 bits per heavy atom. The summed E-state index contributed by atoms with van der Waals surface area (Å²) in [5.41, 5.74) is 2.23. The second-order valence-corrected chi connectivity index (χ2v) is 6.99. The SMILES string of the molecule is CCc1cnc(N2C[C@@H]3C[C@@H](C(=O)NCc4ccccc4)[C@H](C2)O3)nc1. The number of amides is 1. The fraction of sp³-hybridized carbons (Fsp3) is 0.450. The van der Waals surface area contributed by atoms with Gasteiger partial charge in [-0.3, -0.25) is 4.79 Å². The lowest BCUT2D eigenvalue weighted by molar-refractivity contribution is -0.126. The Morgan fingerprint density at radius 2 is 1.96 bits per heavy atom. The van der Waals surface area contributed by atoms with E-state index in [0.29, 0.717) is 13.1 Å². The van der Waals surface area contributed by atoms with Crippen molar-refractivity contribution >= 4 is 11.9 Å². The van der Waals surface area contributed by atoms with E-state index in [-0.39, 0.29) is 24.0 Å². The number of ether oxygens (including phenoxy) is 1. The zero-order valence-electron chi connectivity index (χ0n) is 15.0. The van der Waals surface area contributed by atoms with E-state index in [1.807, 2.05) is 42.7 Å². The molecule has 3 atom stereocenters. The third-order valence-electron chi connectivity index (χ3n) is 5.19. The van der Waals surface area contributed by atoms with Crippen molar-refractivity contribution in [3.05, 3.63) is 53.9 Å². The number of aryl methyl sites for hydroxylation is 1. The average molecular weight is 352 g/mol. The zero-order chi connectivity index (χ0) is 17.9. The second kappa shape index (κ2) is 7.41. The van der Waals surface area contributed by atoms with Crippen LogP contribution in [0.3, 0.4) is 0 Å². The summed E-state index contributed by atoms with van der Waals surface area (Å²) in [5.74, 6) is 0.694. The van der Waals surface area contributed by atoms with E-state index in [0.717, 1.165) is 36.5 Å². The molecule has 6 nitrogen and oxygen atoms in total. The Morgan fingerprint density at radius 3 is 2.69 bits per heavy atom. The van der Waals surface area contributed by atoms with Crippen LogP contribution in [0, 0.1) is 5.92 Å². The molecule has 2 saturated heterocycles. The highest BCUT2D eigenvalue weighted by molar-refractivity contribution is 5.79. The van der Waals surface area contributed by atoms with Crippen LogP contribution < -0.4 is 10.2 Å². The van der Waals surface area contributed by atoms with Crippen LogP contribution in [0.1, 0.15) is 24.5 Å². The van der Waals surface area contributed by atoms with Crippen molar-refractivity contribution in [2.45, 2.75) is 38.5 Å². The van der Waals surface area contributed by atoms with Crippen molar-refractivity contribution in [1.82, 2.24) is 15.3 Å². The Labute approximate surface area is 153 Å². The molecule has 3 heterocycles. The molecule has 26 heavy (non-hydrogen) atoms. The highest BCUT2D eigenvalue weighted by Gasteiger charge is 2.45. The minimum absolute atomic E-state index is 0.0654. The number of carbonyl (C=O) groups excluding carboxylic acids is 1. The molecule has 2 aliphatic rings. The van der Waals surface area contributed by atoms with Crippen LogP contribution in [-0.4, -0.2) is 41.2 Å². The topological polar surface area (TPSA) is 67.4 Å². The predicted octanol–water partition coefficient (Wildman–Crippen LogP) is 1.95. The zero-order valence-corrected chi connectivity index (χ0v) is 15.0. The van der Waals surface area contributed by atoms with Crippen LogP contribution in [0.5, 0.6) is 0 Å². The normalized spacial score (nSPS) is 24.5. The van der Waals surface area contributed by atoms with Crippen molar-refractivity contribution in [3.8, 4) is 0 Å². The Balaban J connectivity index is 1.38. The lowest BCUT2D eigenvalue weighted by atomic mass is 9.99. The molecule has 1 aromatic carbocycles. The average Bonchev–Trinajstić information content (AvgIpc) is 3.00. The minimum Gasteiger partial charge on any atom is -0.370 e. The van der Waals surface area contributed by atoms with Gasteiger partial charge in [-0.1, -0.05) is 37.3 Å². The molecule has 0 spiro atoms. The minimum atomic E-state index is -0.108. The first-order chi connectivity index (χ1) is 12.7. The lowest BCUT2D eigenvalue weighted by Crippen LogP contribution is -2.46. The van der Waals surface area contributed by atoms with Gasteiger partial charge in [0.25, 0.3) is 0 Å². The highest BCUT2D eigenvalue weighted by atomic mass is 16.5. The van der Waals surface area contributed by atoms with Crippen LogP contribution >= 0.6 is 0 Å². The van der Waals surface area contributed by atoms with Gasteiger partial charge in [0.1, 0.15) is 0 Å². The second-order valence-electron chi connectivity index (χ2n) is 6.99. The predicted molar refractivity (Wildman–Crippen MR) is 98.7 cm³/mol. The highest BCUT2D eigenvalue weighted by Crippen LogP contribution is 2.33. The number of hydrogen-bond acceptors (Lipinski definition) is 5. The first-order valence-electron chi connectivity index (χ1n) is 9.26. The number of hydrogen-bond donors (Lipinski definition) is 1. The van der Waals surface area contributed by atoms with E-state index in [9.17, 15) is 4.79 Å². The van der Waals surface area contributed by atoms with Gasteiger partial charge in [-0.15, -0.1) is 0 Å². The van der Waals surface area contributed by atoms with Crippen molar-refractivity contribution in [3.63, 3.8) is 0 Å². The monoisotopic (exact) mass is 352 g/mol. The molecule has 0 unspecified atom stereocenters. The van der Waals surface area contributed by atoms with Gasteiger partial charge in [-0.25, -0.2) is 9.97 Å². The van der Waals surface area contributed by atoms with Crippen LogP contribution in [0.15, 0.2) is 42.7 Å². The maximum absolute atomic E-state index is 12.6. The molecular weight excluding hydrogens is 328 g/mol. The number of aromatic nitrogens is 2. The molecule has 0 saturated carbocycles. The van der Waals surface area contributed by atoms with Crippen LogP contribution in [0.25, 0.3) is 0 Å². The molecule has 0 aliphatic carbocycles. The van der Waals surface area contributed by atoms with E-state index in [1.165, 1.54) is 0 Å². The summed E-state index contributed by atoms with van der Waals surface area (Å²) in [6.45, 7) is 4.04. The quantitative estimate of drug-likeness (QED) is 0.891. The van der Waals surface area contributed by atoms with Crippen molar-refractivity contribution in [2.24, 2.45) is 5.92 Å². The summed E-state index contributed by atoms with van der Waals surface area (Å²) in [5, 5.41) is 3.05. The molecular formula is C20H24N4O2. The maximum atomic E-state index is 12.6. The Hall–Kier alpha value is -2.47. The maximum Gasteiger partial charge on any atom is 0.226 e. The van der Waals surface area contributed by atoms with Crippen molar-refractivity contribution in [1.29, 1.82) is 0 Å². The number of morpholine rings is 1. The van der Waals surface area contributed by atoms with E-state index in [2.05, 4.69) is 27.1 Å². The van der Waals surface area contributed by atoms with E-state index >= 15 is 0 Å². The van der Waals surface area contributed by atoms with E-state index < -0.39 is 0 Å². The summed E-state index contributed by atoms with van der Waals surface area (Å²) in [4.78, 5) is 23.7. The molecule has 1 aromatic heterocycles. The first kappa shape index (κ1) is 17.0. The van der Waals surface area contributed by atoms with Crippen LogP contribution in [-0.2, 0) is 22.5 Å². The fourth-order valence-electron chi connectivity index (χ4n) is 3.71. The van der Waals surface area contributed by atoms with Crippen molar-refractivity contribution in [2.75, 3.05) is 18.0 Å². The largest absolute Gasteiger partial charge is 0.370 e. The molecule has 6 heteroatoms. The number of anilines is 1. The van der Waals surface area contributed by atoms with E-state index in [1.54, 1.807) is 0 Å². The third-order valence-corrected chi connectivity index (χ3v) is 5.19. The first-order valence-corrected chi connectivity index (χ1v) is 9.26. The van der Waals surface area contributed by atoms with Crippen LogP contribution in [0.2, 0.25) is 0 Å². The van der Waals surface area contributed by atoms with Crippen molar-refractivity contribution < 1.29 is 9.53 Å². The van der Waals surface area contributed by atoms with Gasteiger partial charge in [-0.05, 0) is 24.0 Å². The van der Waals surface area contributed by atoms with Gasteiger partial charge in [0.15, 0.2) is 0 Å². The summed E-state index contributed by atoms with van der Waals surface area (Å²) in [6, 6.07) is 9.97.